The molecule has 1 aliphatic rings. The number of carbonyl (C=O) groups excluding carboxylic acids is 1. The topological polar surface area (TPSA) is 44.4 Å². The molecule has 2 unspecified atom stereocenters. The second-order valence-corrected chi connectivity index (χ2v) is 4.82. The number of nitrogens with one attached hydrogen (secondary N) is 2. The first kappa shape index (κ1) is 12.3. The summed E-state index contributed by atoms with van der Waals surface area (Å²) in [7, 11) is 2.13. The summed E-state index contributed by atoms with van der Waals surface area (Å²) in [6.07, 6.45) is 2.09. The predicted octanol–water partition coefficient (Wildman–Crippen LogP) is 1.18. The summed E-state index contributed by atoms with van der Waals surface area (Å²) in [6, 6.07) is 1.05. The Balaban J connectivity index is 2.30. The number of hydrogen-bond acceptors (Lipinski definition) is 2. The van der Waals surface area contributed by atoms with Crippen molar-refractivity contribution in [3.05, 3.63) is 0 Å². The van der Waals surface area contributed by atoms with Crippen molar-refractivity contribution in [1.82, 2.24) is 15.5 Å². The van der Waals surface area contributed by atoms with Gasteiger partial charge in [0.2, 0.25) is 0 Å². The maximum atomic E-state index is 11.5. The molecular weight excluding hydrogens is 190 g/mol. The van der Waals surface area contributed by atoms with Gasteiger partial charge in [-0.1, -0.05) is 0 Å². The van der Waals surface area contributed by atoms with Crippen molar-refractivity contribution in [2.45, 2.75) is 51.7 Å². The number of hydrogen-bond donors (Lipinski definition) is 2. The molecule has 1 aliphatic heterocycles. The summed E-state index contributed by atoms with van der Waals surface area (Å²) in [6.45, 7) is 7.20. The first-order valence-electron chi connectivity index (χ1n) is 5.76. The van der Waals surface area contributed by atoms with Gasteiger partial charge in [-0.15, -0.1) is 0 Å². The van der Waals surface area contributed by atoms with Gasteiger partial charge in [0, 0.05) is 24.7 Å². The Bertz CT molecular complexity index is 218. The fraction of sp³-hybridized carbons (Fsp3) is 0.909. The highest BCUT2D eigenvalue weighted by molar-refractivity contribution is 5.74. The highest BCUT2D eigenvalue weighted by atomic mass is 16.2. The molecule has 4 nitrogen and oxygen atoms in total. The minimum absolute atomic E-state index is 0.0354. The third kappa shape index (κ3) is 4.08. The standard InChI is InChI=1S/C11H23N3O/c1-8(2)12-11(15)13-10-5-6-14(4)9(3)7-10/h8-10H,5-7H2,1-4H3,(H2,12,13,15). The molecule has 4 heteroatoms. The summed E-state index contributed by atoms with van der Waals surface area (Å²) in [5.74, 6) is 0. The lowest BCUT2D eigenvalue weighted by Gasteiger charge is -2.35. The number of nitrogens with zero attached hydrogens (tertiary/aromatic N) is 1. The third-order valence-corrected chi connectivity index (χ3v) is 2.96. The molecular formula is C11H23N3O. The van der Waals surface area contributed by atoms with Crippen LogP contribution in [0, 0.1) is 0 Å². The minimum atomic E-state index is -0.0354. The van der Waals surface area contributed by atoms with Gasteiger partial charge in [-0.25, -0.2) is 4.79 Å². The maximum absolute atomic E-state index is 11.5. The minimum Gasteiger partial charge on any atom is -0.336 e. The Hall–Kier alpha value is -0.770. The lowest BCUT2D eigenvalue weighted by atomic mass is 9.99. The molecule has 0 saturated carbocycles. The lowest BCUT2D eigenvalue weighted by Crippen LogP contribution is -2.50. The van der Waals surface area contributed by atoms with E-state index in [9.17, 15) is 4.79 Å². The van der Waals surface area contributed by atoms with Crippen molar-refractivity contribution in [2.75, 3.05) is 13.6 Å². The zero-order valence-electron chi connectivity index (χ0n) is 10.2. The van der Waals surface area contributed by atoms with Crippen LogP contribution >= 0.6 is 0 Å². The zero-order chi connectivity index (χ0) is 11.4. The van der Waals surface area contributed by atoms with Gasteiger partial charge >= 0.3 is 6.03 Å². The molecule has 0 aromatic carbocycles. The molecule has 1 saturated heterocycles. The van der Waals surface area contributed by atoms with E-state index in [0.717, 1.165) is 19.4 Å². The van der Waals surface area contributed by atoms with Gasteiger partial charge in [-0.3, -0.25) is 0 Å². The van der Waals surface area contributed by atoms with Gasteiger partial charge in [0.1, 0.15) is 0 Å². The van der Waals surface area contributed by atoms with E-state index in [-0.39, 0.29) is 12.1 Å². The van der Waals surface area contributed by atoms with E-state index >= 15 is 0 Å². The van der Waals surface area contributed by atoms with E-state index in [1.165, 1.54) is 0 Å². The molecule has 1 rings (SSSR count). The molecule has 1 heterocycles. The lowest BCUT2D eigenvalue weighted by molar-refractivity contribution is 0.167. The van der Waals surface area contributed by atoms with Crippen LogP contribution in [0.5, 0.6) is 0 Å². The number of carbonyl (C=O) groups is 1. The maximum Gasteiger partial charge on any atom is 0.315 e. The van der Waals surface area contributed by atoms with Crippen LogP contribution in [-0.4, -0.2) is 42.6 Å². The first-order chi connectivity index (χ1) is 6.99. The number of urea groups is 1. The monoisotopic (exact) mass is 213 g/mol. The quantitative estimate of drug-likeness (QED) is 0.723. The molecule has 0 spiro atoms. The van der Waals surface area contributed by atoms with Crippen LogP contribution in [-0.2, 0) is 0 Å². The highest BCUT2D eigenvalue weighted by Gasteiger charge is 2.23. The van der Waals surface area contributed by atoms with Crippen LogP contribution in [0.1, 0.15) is 33.6 Å². The largest absolute Gasteiger partial charge is 0.336 e. The Morgan fingerprint density at radius 2 is 2.13 bits per heavy atom. The van der Waals surface area contributed by atoms with Crippen molar-refractivity contribution >= 4 is 6.03 Å². The molecule has 0 aromatic heterocycles. The molecule has 0 aromatic rings. The van der Waals surface area contributed by atoms with Gasteiger partial charge in [0.25, 0.3) is 0 Å². The molecule has 2 N–H and O–H groups in total. The second kappa shape index (κ2) is 5.35. The molecule has 15 heavy (non-hydrogen) atoms. The number of piperidine rings is 1. The third-order valence-electron chi connectivity index (χ3n) is 2.96. The van der Waals surface area contributed by atoms with Crippen LogP contribution in [0.3, 0.4) is 0 Å². The first-order valence-corrected chi connectivity index (χ1v) is 5.76. The average Bonchev–Trinajstić information content (AvgIpc) is 2.10. The average molecular weight is 213 g/mol. The van der Waals surface area contributed by atoms with Crippen LogP contribution in [0.25, 0.3) is 0 Å². The second-order valence-electron chi connectivity index (χ2n) is 4.82. The predicted molar refractivity (Wildman–Crippen MR) is 61.9 cm³/mol. The van der Waals surface area contributed by atoms with E-state index in [1.807, 2.05) is 13.8 Å². The highest BCUT2D eigenvalue weighted by Crippen LogP contribution is 2.14. The smallest absolute Gasteiger partial charge is 0.315 e. The number of amides is 2. The van der Waals surface area contributed by atoms with Crippen molar-refractivity contribution in [3.63, 3.8) is 0 Å². The van der Waals surface area contributed by atoms with Crippen molar-refractivity contribution in [1.29, 1.82) is 0 Å². The molecule has 88 valence electrons. The Morgan fingerprint density at radius 1 is 1.47 bits per heavy atom. The van der Waals surface area contributed by atoms with Crippen LogP contribution < -0.4 is 10.6 Å². The Kier molecular flexibility index (Phi) is 4.39. The van der Waals surface area contributed by atoms with Gasteiger partial charge < -0.3 is 15.5 Å². The number of rotatable bonds is 2. The molecule has 0 aliphatic carbocycles. The van der Waals surface area contributed by atoms with Gasteiger partial charge in [-0.2, -0.15) is 0 Å². The van der Waals surface area contributed by atoms with E-state index in [0.29, 0.717) is 12.1 Å². The molecule has 0 radical (unpaired) electrons. The van der Waals surface area contributed by atoms with Gasteiger partial charge in [0.15, 0.2) is 0 Å². The van der Waals surface area contributed by atoms with Crippen LogP contribution in [0.15, 0.2) is 0 Å². The number of likely N-dealkylation sites (tertiary alicyclic amines) is 1. The van der Waals surface area contributed by atoms with Crippen molar-refractivity contribution in [3.8, 4) is 0 Å². The summed E-state index contributed by atoms with van der Waals surface area (Å²) in [5, 5.41) is 5.88. The molecule has 2 amide bonds. The van der Waals surface area contributed by atoms with Crippen molar-refractivity contribution < 1.29 is 4.79 Å². The zero-order valence-corrected chi connectivity index (χ0v) is 10.2. The van der Waals surface area contributed by atoms with Crippen LogP contribution in [0.4, 0.5) is 4.79 Å². The summed E-state index contributed by atoms with van der Waals surface area (Å²) >= 11 is 0. The summed E-state index contributed by atoms with van der Waals surface area (Å²) < 4.78 is 0. The summed E-state index contributed by atoms with van der Waals surface area (Å²) in [4.78, 5) is 13.8. The SMILES string of the molecule is CC(C)NC(=O)NC1CCN(C)C(C)C1. The van der Waals surface area contributed by atoms with E-state index in [2.05, 4.69) is 29.5 Å². The van der Waals surface area contributed by atoms with Crippen molar-refractivity contribution in [2.24, 2.45) is 0 Å². The molecule has 1 fully saturated rings. The summed E-state index contributed by atoms with van der Waals surface area (Å²) in [5.41, 5.74) is 0. The van der Waals surface area contributed by atoms with Crippen LogP contribution in [0.2, 0.25) is 0 Å². The fourth-order valence-electron chi connectivity index (χ4n) is 1.91. The van der Waals surface area contributed by atoms with E-state index in [4.69, 9.17) is 0 Å². The molecule has 2 atom stereocenters. The normalized spacial score (nSPS) is 27.8. The fourth-order valence-corrected chi connectivity index (χ4v) is 1.91. The van der Waals surface area contributed by atoms with E-state index in [1.54, 1.807) is 0 Å². The van der Waals surface area contributed by atoms with E-state index < -0.39 is 0 Å². The van der Waals surface area contributed by atoms with Gasteiger partial charge in [-0.05, 0) is 40.7 Å². The molecule has 0 bridgehead atoms. The Labute approximate surface area is 92.4 Å². The Morgan fingerprint density at radius 3 is 2.67 bits per heavy atom. The van der Waals surface area contributed by atoms with Gasteiger partial charge in [0.05, 0.1) is 0 Å².